The van der Waals surface area contributed by atoms with Gasteiger partial charge in [-0.25, -0.2) is 0 Å². The molecule has 0 bridgehead atoms. The van der Waals surface area contributed by atoms with Gasteiger partial charge in [-0.1, -0.05) is 12.1 Å². The summed E-state index contributed by atoms with van der Waals surface area (Å²) in [6, 6.07) is 7.60. The SMILES string of the molecule is COC(C)CNC(=O)CCc1cccc(N)c1. The largest absolute Gasteiger partial charge is 0.399 e. The number of amides is 1. The van der Waals surface area contributed by atoms with E-state index < -0.39 is 0 Å². The number of carbonyl (C=O) groups is 1. The minimum Gasteiger partial charge on any atom is -0.399 e. The number of hydrogen-bond acceptors (Lipinski definition) is 3. The average Bonchev–Trinajstić information content (AvgIpc) is 2.33. The zero-order chi connectivity index (χ0) is 12.7. The first-order chi connectivity index (χ1) is 8.11. The Hall–Kier alpha value is -1.55. The van der Waals surface area contributed by atoms with Gasteiger partial charge in [0.25, 0.3) is 0 Å². The summed E-state index contributed by atoms with van der Waals surface area (Å²) in [6.07, 6.45) is 1.23. The molecule has 17 heavy (non-hydrogen) atoms. The van der Waals surface area contributed by atoms with Crippen molar-refractivity contribution in [3.63, 3.8) is 0 Å². The number of rotatable bonds is 6. The molecule has 0 heterocycles. The minimum absolute atomic E-state index is 0.0383. The number of aryl methyl sites for hydroxylation is 1. The van der Waals surface area contributed by atoms with Crippen LogP contribution in [0, 0.1) is 0 Å². The van der Waals surface area contributed by atoms with E-state index in [1.165, 1.54) is 0 Å². The van der Waals surface area contributed by atoms with Crippen molar-refractivity contribution in [1.29, 1.82) is 0 Å². The number of carbonyl (C=O) groups excluding carboxylic acids is 1. The lowest BCUT2D eigenvalue weighted by atomic mass is 10.1. The molecule has 0 aliphatic heterocycles. The summed E-state index contributed by atoms with van der Waals surface area (Å²) in [5, 5.41) is 2.82. The standard InChI is InChI=1S/C13H20N2O2/c1-10(17-2)9-15-13(16)7-6-11-4-3-5-12(14)8-11/h3-5,8,10H,6-7,9,14H2,1-2H3,(H,15,16). The van der Waals surface area contributed by atoms with Crippen LogP contribution in [0.5, 0.6) is 0 Å². The van der Waals surface area contributed by atoms with E-state index in [1.807, 2.05) is 31.2 Å². The molecule has 0 aliphatic rings. The van der Waals surface area contributed by atoms with Gasteiger partial charge in [0, 0.05) is 25.8 Å². The predicted molar refractivity (Wildman–Crippen MR) is 68.7 cm³/mol. The van der Waals surface area contributed by atoms with Gasteiger partial charge in [0.2, 0.25) is 5.91 Å². The van der Waals surface area contributed by atoms with Gasteiger partial charge in [0.15, 0.2) is 0 Å². The number of nitrogens with two attached hydrogens (primary N) is 1. The second-order valence-corrected chi connectivity index (χ2v) is 4.10. The molecule has 0 saturated heterocycles. The smallest absolute Gasteiger partial charge is 0.220 e. The number of ether oxygens (including phenoxy) is 1. The van der Waals surface area contributed by atoms with Crippen LogP contribution in [0.15, 0.2) is 24.3 Å². The molecular formula is C13H20N2O2. The van der Waals surface area contributed by atoms with Gasteiger partial charge in [-0.05, 0) is 31.0 Å². The van der Waals surface area contributed by atoms with Crippen LogP contribution in [0.2, 0.25) is 0 Å². The number of nitrogens with one attached hydrogen (secondary N) is 1. The fourth-order valence-corrected chi connectivity index (χ4v) is 1.44. The predicted octanol–water partition coefficient (Wildman–Crippen LogP) is 1.35. The highest BCUT2D eigenvalue weighted by molar-refractivity contribution is 5.76. The lowest BCUT2D eigenvalue weighted by molar-refractivity contribution is -0.121. The molecule has 3 N–H and O–H groups in total. The highest BCUT2D eigenvalue weighted by Gasteiger charge is 2.04. The van der Waals surface area contributed by atoms with Crippen molar-refractivity contribution in [3.05, 3.63) is 29.8 Å². The Bertz CT molecular complexity index is 366. The molecular weight excluding hydrogens is 216 g/mol. The first-order valence-corrected chi connectivity index (χ1v) is 5.75. The van der Waals surface area contributed by atoms with Gasteiger partial charge in [-0.15, -0.1) is 0 Å². The van der Waals surface area contributed by atoms with E-state index in [-0.39, 0.29) is 12.0 Å². The Labute approximate surface area is 102 Å². The van der Waals surface area contributed by atoms with Crippen LogP contribution in [0.4, 0.5) is 5.69 Å². The van der Waals surface area contributed by atoms with E-state index >= 15 is 0 Å². The molecule has 1 unspecified atom stereocenters. The fourth-order valence-electron chi connectivity index (χ4n) is 1.44. The van der Waals surface area contributed by atoms with Crippen LogP contribution in [0.25, 0.3) is 0 Å². The molecule has 4 nitrogen and oxygen atoms in total. The highest BCUT2D eigenvalue weighted by Crippen LogP contribution is 2.08. The summed E-state index contributed by atoms with van der Waals surface area (Å²) < 4.78 is 5.05. The Morgan fingerprint density at radius 1 is 1.53 bits per heavy atom. The lowest BCUT2D eigenvalue weighted by Crippen LogP contribution is -2.31. The van der Waals surface area contributed by atoms with Gasteiger partial charge < -0.3 is 15.8 Å². The zero-order valence-corrected chi connectivity index (χ0v) is 10.4. The first kappa shape index (κ1) is 13.5. The second-order valence-electron chi connectivity index (χ2n) is 4.10. The van der Waals surface area contributed by atoms with Crippen molar-refractivity contribution in [2.75, 3.05) is 19.4 Å². The minimum atomic E-state index is 0.0383. The van der Waals surface area contributed by atoms with Gasteiger partial charge in [-0.2, -0.15) is 0 Å². The number of hydrogen-bond donors (Lipinski definition) is 2. The van der Waals surface area contributed by atoms with E-state index in [0.29, 0.717) is 19.4 Å². The van der Waals surface area contributed by atoms with Crippen LogP contribution < -0.4 is 11.1 Å². The summed E-state index contributed by atoms with van der Waals surface area (Å²) in [7, 11) is 1.63. The van der Waals surface area contributed by atoms with Crippen LogP contribution in [0.1, 0.15) is 18.9 Å². The van der Waals surface area contributed by atoms with Crippen LogP contribution in [0.3, 0.4) is 0 Å². The zero-order valence-electron chi connectivity index (χ0n) is 10.4. The molecule has 0 aromatic heterocycles. The topological polar surface area (TPSA) is 64.3 Å². The van der Waals surface area contributed by atoms with E-state index in [2.05, 4.69) is 5.32 Å². The molecule has 94 valence electrons. The Balaban J connectivity index is 2.28. The highest BCUT2D eigenvalue weighted by atomic mass is 16.5. The molecule has 1 amide bonds. The Morgan fingerprint density at radius 2 is 2.29 bits per heavy atom. The third-order valence-corrected chi connectivity index (χ3v) is 2.58. The van der Waals surface area contributed by atoms with Crippen molar-refractivity contribution in [2.24, 2.45) is 0 Å². The van der Waals surface area contributed by atoms with Crippen LogP contribution in [-0.4, -0.2) is 25.7 Å². The van der Waals surface area contributed by atoms with E-state index in [1.54, 1.807) is 7.11 Å². The molecule has 1 rings (SSSR count). The summed E-state index contributed by atoms with van der Waals surface area (Å²) >= 11 is 0. The lowest BCUT2D eigenvalue weighted by Gasteiger charge is -2.10. The number of methoxy groups -OCH3 is 1. The average molecular weight is 236 g/mol. The summed E-state index contributed by atoms with van der Waals surface area (Å²) in [4.78, 5) is 11.5. The van der Waals surface area contributed by atoms with Crippen molar-refractivity contribution < 1.29 is 9.53 Å². The first-order valence-electron chi connectivity index (χ1n) is 5.75. The maximum Gasteiger partial charge on any atom is 0.220 e. The van der Waals surface area contributed by atoms with E-state index in [9.17, 15) is 4.79 Å². The summed E-state index contributed by atoms with van der Waals surface area (Å²) in [5.74, 6) is 0.0383. The van der Waals surface area contributed by atoms with Gasteiger partial charge in [-0.3, -0.25) is 4.79 Å². The Kier molecular flexibility index (Phi) is 5.49. The molecule has 0 saturated carbocycles. The third kappa shape index (κ3) is 5.36. The maximum absolute atomic E-state index is 11.5. The third-order valence-electron chi connectivity index (χ3n) is 2.58. The number of benzene rings is 1. The second kappa shape index (κ2) is 6.91. The quantitative estimate of drug-likeness (QED) is 0.733. The molecule has 0 fully saturated rings. The number of anilines is 1. The summed E-state index contributed by atoms with van der Waals surface area (Å²) in [6.45, 7) is 2.46. The van der Waals surface area contributed by atoms with E-state index in [0.717, 1.165) is 11.3 Å². The normalized spacial score (nSPS) is 12.1. The van der Waals surface area contributed by atoms with Crippen molar-refractivity contribution in [2.45, 2.75) is 25.9 Å². The summed E-state index contributed by atoms with van der Waals surface area (Å²) in [5.41, 5.74) is 7.48. The van der Waals surface area contributed by atoms with Crippen molar-refractivity contribution in [1.82, 2.24) is 5.32 Å². The molecule has 0 radical (unpaired) electrons. The van der Waals surface area contributed by atoms with Crippen LogP contribution >= 0.6 is 0 Å². The van der Waals surface area contributed by atoms with Crippen molar-refractivity contribution in [3.8, 4) is 0 Å². The van der Waals surface area contributed by atoms with Gasteiger partial charge in [0.05, 0.1) is 6.10 Å². The fraction of sp³-hybridized carbons (Fsp3) is 0.462. The molecule has 1 atom stereocenters. The Morgan fingerprint density at radius 3 is 2.94 bits per heavy atom. The molecule has 0 aliphatic carbocycles. The maximum atomic E-state index is 11.5. The number of nitrogen functional groups attached to an aromatic ring is 1. The molecule has 4 heteroatoms. The monoisotopic (exact) mass is 236 g/mol. The molecule has 0 spiro atoms. The van der Waals surface area contributed by atoms with Crippen molar-refractivity contribution >= 4 is 11.6 Å². The molecule has 1 aromatic carbocycles. The van der Waals surface area contributed by atoms with Crippen LogP contribution in [-0.2, 0) is 16.0 Å². The molecule has 1 aromatic rings. The van der Waals surface area contributed by atoms with E-state index in [4.69, 9.17) is 10.5 Å². The van der Waals surface area contributed by atoms with Gasteiger partial charge >= 0.3 is 0 Å². The van der Waals surface area contributed by atoms with Gasteiger partial charge in [0.1, 0.15) is 0 Å².